The van der Waals surface area contributed by atoms with Gasteiger partial charge in [0.25, 0.3) is 5.91 Å². The van der Waals surface area contributed by atoms with Crippen molar-refractivity contribution >= 4 is 47.3 Å². The van der Waals surface area contributed by atoms with E-state index in [2.05, 4.69) is 32.3 Å². The quantitative estimate of drug-likeness (QED) is 0.307. The zero-order valence-corrected chi connectivity index (χ0v) is 19.4. The number of nitrogens with one attached hydrogen (secondary N) is 4. The smallest absolute Gasteiger partial charge is 0.323 e. The van der Waals surface area contributed by atoms with Gasteiger partial charge in [0.2, 0.25) is 5.91 Å². The molecule has 0 atom stereocenters. The molecule has 1 saturated heterocycles. The Morgan fingerprint density at radius 1 is 1.26 bits per heavy atom. The van der Waals surface area contributed by atoms with Gasteiger partial charge in [0.1, 0.15) is 5.82 Å². The Labute approximate surface area is 202 Å². The van der Waals surface area contributed by atoms with Crippen LogP contribution in [0.2, 0.25) is 0 Å². The van der Waals surface area contributed by atoms with Crippen LogP contribution in [-0.4, -0.2) is 67.0 Å². The Morgan fingerprint density at radius 3 is 2.86 bits per heavy atom. The van der Waals surface area contributed by atoms with Gasteiger partial charge in [-0.2, -0.15) is 9.61 Å². The van der Waals surface area contributed by atoms with Gasteiger partial charge in [-0.1, -0.05) is 6.58 Å². The van der Waals surface area contributed by atoms with Gasteiger partial charge >= 0.3 is 5.69 Å². The molecular weight excluding hydrogens is 468 g/mol. The summed E-state index contributed by atoms with van der Waals surface area (Å²) in [6, 6.07) is 5.97. The highest BCUT2D eigenvalue weighted by molar-refractivity contribution is 7.17. The summed E-state index contributed by atoms with van der Waals surface area (Å²) in [4.78, 5) is 49.4. The first-order valence-corrected chi connectivity index (χ1v) is 12.1. The van der Waals surface area contributed by atoms with E-state index in [9.17, 15) is 14.4 Å². The first-order valence-electron chi connectivity index (χ1n) is 11.2. The molecule has 2 amide bonds. The molecule has 2 fully saturated rings. The summed E-state index contributed by atoms with van der Waals surface area (Å²) in [7, 11) is 0. The zero-order valence-electron chi connectivity index (χ0n) is 18.6. The lowest BCUT2D eigenvalue weighted by Gasteiger charge is -2.26. The van der Waals surface area contributed by atoms with Crippen LogP contribution in [-0.2, 0) is 4.79 Å². The lowest BCUT2D eigenvalue weighted by molar-refractivity contribution is -0.123. The SMILES string of the molecule is C=c1[nH]c(=O)[nH]/c1=C\c1cnn2c(NC3CC3)cc(-c3ccc(C(=O)N4CCNC(=O)C4)s3)nc12. The molecule has 0 unspecified atom stereocenters. The van der Waals surface area contributed by atoms with Crippen LogP contribution < -0.4 is 27.0 Å². The third-order valence-corrected chi connectivity index (χ3v) is 7.06. The lowest BCUT2D eigenvalue weighted by Crippen LogP contribution is -2.49. The first kappa shape index (κ1) is 21.4. The number of piperazine rings is 1. The molecule has 0 radical (unpaired) electrons. The van der Waals surface area contributed by atoms with Gasteiger partial charge < -0.3 is 25.5 Å². The molecule has 1 saturated carbocycles. The van der Waals surface area contributed by atoms with E-state index in [1.165, 1.54) is 11.3 Å². The molecule has 1 aliphatic carbocycles. The summed E-state index contributed by atoms with van der Waals surface area (Å²) in [6.45, 7) is 4.87. The Balaban J connectivity index is 1.41. The van der Waals surface area contributed by atoms with Crippen LogP contribution >= 0.6 is 11.3 Å². The van der Waals surface area contributed by atoms with Crippen LogP contribution in [0.25, 0.3) is 28.9 Å². The molecule has 5 heterocycles. The van der Waals surface area contributed by atoms with Gasteiger partial charge in [0.15, 0.2) is 5.65 Å². The molecule has 0 aromatic carbocycles. The molecule has 35 heavy (non-hydrogen) atoms. The Bertz CT molecular complexity index is 1640. The summed E-state index contributed by atoms with van der Waals surface area (Å²) >= 11 is 1.34. The topological polar surface area (TPSA) is 140 Å². The van der Waals surface area contributed by atoms with Crippen molar-refractivity contribution in [3.05, 3.63) is 56.0 Å². The number of carbonyl (C=O) groups excluding carboxylic acids is 2. The van der Waals surface area contributed by atoms with Crippen molar-refractivity contribution in [3.8, 4) is 10.6 Å². The number of hydrogen-bond acceptors (Lipinski definition) is 7. The molecule has 6 rings (SSSR count). The highest BCUT2D eigenvalue weighted by atomic mass is 32.1. The second-order valence-electron chi connectivity index (χ2n) is 8.64. The third kappa shape index (κ3) is 4.12. The number of imidazole rings is 1. The number of H-pyrrole nitrogens is 2. The van der Waals surface area contributed by atoms with Crippen molar-refractivity contribution in [1.29, 1.82) is 0 Å². The number of anilines is 1. The van der Waals surface area contributed by atoms with Gasteiger partial charge in [0.05, 0.1) is 38.9 Å². The van der Waals surface area contributed by atoms with Gasteiger partial charge in [-0.15, -0.1) is 11.3 Å². The molecule has 0 spiro atoms. The Morgan fingerprint density at radius 2 is 2.11 bits per heavy atom. The van der Waals surface area contributed by atoms with Crippen molar-refractivity contribution in [3.63, 3.8) is 0 Å². The summed E-state index contributed by atoms with van der Waals surface area (Å²) in [6.07, 6.45) is 5.66. The minimum Gasteiger partial charge on any atom is -0.367 e. The zero-order chi connectivity index (χ0) is 24.1. The monoisotopic (exact) mass is 490 g/mol. The number of hydrogen-bond donors (Lipinski definition) is 4. The van der Waals surface area contributed by atoms with Crippen LogP contribution in [0, 0.1) is 0 Å². The van der Waals surface area contributed by atoms with Crippen LogP contribution in [0.15, 0.2) is 29.2 Å². The number of thiophene rings is 1. The molecule has 1 aliphatic heterocycles. The van der Waals surface area contributed by atoms with Crippen LogP contribution in [0.5, 0.6) is 0 Å². The fourth-order valence-electron chi connectivity index (χ4n) is 4.02. The van der Waals surface area contributed by atoms with E-state index in [0.717, 1.165) is 29.1 Å². The molecular formula is C23H22N8O3S. The number of amides is 2. The van der Waals surface area contributed by atoms with Gasteiger partial charge in [-0.05, 0) is 31.1 Å². The second kappa shape index (κ2) is 8.24. The van der Waals surface area contributed by atoms with Gasteiger partial charge in [-0.25, -0.2) is 9.78 Å². The van der Waals surface area contributed by atoms with E-state index in [1.54, 1.807) is 27.8 Å². The maximum Gasteiger partial charge on any atom is 0.323 e. The number of rotatable bonds is 5. The Hall–Kier alpha value is -4.19. The number of carbonyl (C=O) groups is 2. The molecule has 4 aromatic heterocycles. The molecule has 2 aliphatic rings. The van der Waals surface area contributed by atoms with Crippen molar-refractivity contribution < 1.29 is 9.59 Å². The first-order chi connectivity index (χ1) is 16.9. The highest BCUT2D eigenvalue weighted by Gasteiger charge is 2.25. The average Bonchev–Trinajstić information content (AvgIpc) is 3.22. The van der Waals surface area contributed by atoms with Crippen LogP contribution in [0.4, 0.5) is 5.82 Å². The Kier molecular flexibility index (Phi) is 5.02. The molecule has 0 bridgehead atoms. The van der Waals surface area contributed by atoms with E-state index in [4.69, 9.17) is 4.98 Å². The molecule has 4 N–H and O–H groups in total. The predicted octanol–water partition coefficient (Wildman–Crippen LogP) is -0.140. The maximum absolute atomic E-state index is 12.9. The predicted molar refractivity (Wildman–Crippen MR) is 132 cm³/mol. The average molecular weight is 491 g/mol. The number of aromatic amines is 2. The molecule has 178 valence electrons. The molecule has 11 nitrogen and oxygen atoms in total. The molecule has 4 aromatic rings. The van der Waals surface area contributed by atoms with Gasteiger partial charge in [0, 0.05) is 30.8 Å². The maximum atomic E-state index is 12.9. The second-order valence-corrected chi connectivity index (χ2v) is 9.72. The third-order valence-electron chi connectivity index (χ3n) is 5.96. The van der Waals surface area contributed by atoms with Crippen molar-refractivity contribution in [2.75, 3.05) is 25.0 Å². The number of aromatic nitrogens is 5. The summed E-state index contributed by atoms with van der Waals surface area (Å²) in [5.74, 6) is 0.493. The van der Waals surface area contributed by atoms with Crippen molar-refractivity contribution in [2.45, 2.75) is 18.9 Å². The minimum absolute atomic E-state index is 0.0657. The van der Waals surface area contributed by atoms with Crippen molar-refractivity contribution in [2.24, 2.45) is 0 Å². The lowest BCUT2D eigenvalue weighted by atomic mass is 10.2. The van der Waals surface area contributed by atoms with E-state index < -0.39 is 0 Å². The number of nitrogens with zero attached hydrogens (tertiary/aromatic N) is 4. The van der Waals surface area contributed by atoms with E-state index in [-0.39, 0.29) is 24.0 Å². The summed E-state index contributed by atoms with van der Waals surface area (Å²) in [5, 5.41) is 11.8. The van der Waals surface area contributed by atoms with Crippen LogP contribution in [0.3, 0.4) is 0 Å². The van der Waals surface area contributed by atoms with E-state index in [0.29, 0.717) is 46.0 Å². The standard InChI is InChI=1S/C23H22N8O3S/c1-12-15(29-23(34)26-12)8-13-10-25-31-19(27-14-2-3-14)9-16(28-21(13)31)17-4-5-18(35-17)22(33)30-7-6-24-20(32)11-30/h4-5,8-10,14,27H,1-3,6-7,11H2,(H,24,32)(H2,26,29,34)/b15-8-. The minimum atomic E-state index is -0.329. The fraction of sp³-hybridized carbons (Fsp3) is 0.261. The van der Waals surface area contributed by atoms with E-state index in [1.807, 2.05) is 12.1 Å². The fourth-order valence-corrected chi connectivity index (χ4v) is 4.95. The summed E-state index contributed by atoms with van der Waals surface area (Å²) in [5.41, 5.74) is 1.71. The van der Waals surface area contributed by atoms with Gasteiger partial charge in [-0.3, -0.25) is 9.59 Å². The largest absolute Gasteiger partial charge is 0.367 e. The summed E-state index contributed by atoms with van der Waals surface area (Å²) < 4.78 is 1.74. The van der Waals surface area contributed by atoms with Crippen LogP contribution in [0.1, 0.15) is 28.1 Å². The highest BCUT2D eigenvalue weighted by Crippen LogP contribution is 2.32. The molecule has 12 heteroatoms. The van der Waals surface area contributed by atoms with E-state index >= 15 is 0 Å². The normalized spacial score (nSPS) is 16.6. The number of fused-ring (bicyclic) bond motifs is 1. The van der Waals surface area contributed by atoms with Crippen molar-refractivity contribution in [1.82, 2.24) is 34.8 Å².